The van der Waals surface area contributed by atoms with Crippen molar-refractivity contribution in [1.82, 2.24) is 5.01 Å². The van der Waals surface area contributed by atoms with Gasteiger partial charge >= 0.3 is 0 Å². The monoisotopic (exact) mass is 532 g/mol. The number of hydrogen-bond acceptors (Lipinski definition) is 6. The van der Waals surface area contributed by atoms with Gasteiger partial charge in [-0.05, 0) is 54.4 Å². The molecule has 5 rings (SSSR count). The van der Waals surface area contributed by atoms with Crippen molar-refractivity contribution < 1.29 is 14.3 Å². The van der Waals surface area contributed by atoms with Gasteiger partial charge in [-0.2, -0.15) is 10.1 Å². The van der Waals surface area contributed by atoms with E-state index in [9.17, 15) is 9.59 Å². The van der Waals surface area contributed by atoms with Crippen LogP contribution in [0.5, 0.6) is 5.75 Å². The van der Waals surface area contributed by atoms with Crippen molar-refractivity contribution in [1.29, 1.82) is 0 Å². The molecule has 0 fully saturated rings. The maximum atomic E-state index is 12.8. The van der Waals surface area contributed by atoms with Gasteiger partial charge in [0, 0.05) is 23.6 Å². The van der Waals surface area contributed by atoms with Crippen LogP contribution in [0.15, 0.2) is 82.9 Å². The highest BCUT2D eigenvalue weighted by Crippen LogP contribution is 2.38. The number of aliphatic imine (C=N–C) groups is 1. The highest BCUT2D eigenvalue weighted by atomic mass is 35.5. The number of hydrogen-bond donors (Lipinski definition) is 1. The number of hydrazone groups is 1. The molecule has 2 unspecified atom stereocenters. The van der Waals surface area contributed by atoms with E-state index in [0.717, 1.165) is 22.4 Å². The van der Waals surface area contributed by atoms with Crippen LogP contribution in [0.3, 0.4) is 0 Å². The third-order valence-electron chi connectivity index (χ3n) is 6.22. The van der Waals surface area contributed by atoms with Gasteiger partial charge in [0.2, 0.25) is 5.91 Å². The van der Waals surface area contributed by atoms with Crippen LogP contribution in [0.1, 0.15) is 35.6 Å². The molecule has 3 aromatic rings. The number of thioether (sulfide) groups is 1. The molecule has 0 spiro atoms. The Morgan fingerprint density at radius 3 is 2.46 bits per heavy atom. The number of benzene rings is 3. The zero-order chi connectivity index (χ0) is 25.9. The van der Waals surface area contributed by atoms with Crippen LogP contribution in [-0.4, -0.2) is 40.1 Å². The maximum Gasteiger partial charge on any atom is 0.262 e. The van der Waals surface area contributed by atoms with Crippen LogP contribution in [0, 0.1) is 6.92 Å². The summed E-state index contributed by atoms with van der Waals surface area (Å²) in [4.78, 5) is 29.8. The quantitative estimate of drug-likeness (QED) is 0.431. The number of carbonyl (C=O) groups is 2. The summed E-state index contributed by atoms with van der Waals surface area (Å²) < 4.78 is 5.15. The van der Waals surface area contributed by atoms with Crippen LogP contribution >= 0.6 is 23.4 Å². The first kappa shape index (κ1) is 25.0. The number of nitrogens with zero attached hydrogens (tertiary/aromatic N) is 3. The Kier molecular flexibility index (Phi) is 7.30. The van der Waals surface area contributed by atoms with Gasteiger partial charge in [-0.1, -0.05) is 65.3 Å². The van der Waals surface area contributed by atoms with Crippen molar-refractivity contribution in [3.05, 3.63) is 94.5 Å². The molecule has 0 saturated heterocycles. The fourth-order valence-electron chi connectivity index (χ4n) is 4.21. The number of halogens is 1. The lowest BCUT2D eigenvalue weighted by atomic mass is 9.98. The van der Waals surface area contributed by atoms with E-state index in [1.807, 2.05) is 36.2 Å². The second-order valence-electron chi connectivity index (χ2n) is 8.85. The molecule has 2 heterocycles. The van der Waals surface area contributed by atoms with E-state index in [-0.39, 0.29) is 24.3 Å². The number of ether oxygens (including phenoxy) is 1. The summed E-state index contributed by atoms with van der Waals surface area (Å²) in [6.07, 6.45) is 0.667. The summed E-state index contributed by atoms with van der Waals surface area (Å²) in [6.45, 7) is 2.04. The van der Waals surface area contributed by atoms with E-state index in [1.165, 1.54) is 11.8 Å². The van der Waals surface area contributed by atoms with Gasteiger partial charge in [-0.15, -0.1) is 0 Å². The van der Waals surface area contributed by atoms with Gasteiger partial charge in [-0.3, -0.25) is 9.59 Å². The number of amides is 2. The molecule has 37 heavy (non-hydrogen) atoms. The summed E-state index contributed by atoms with van der Waals surface area (Å²) in [6, 6.07) is 22.8. The Morgan fingerprint density at radius 2 is 1.78 bits per heavy atom. The summed E-state index contributed by atoms with van der Waals surface area (Å²) >= 11 is 7.36. The van der Waals surface area contributed by atoms with Gasteiger partial charge in [-0.25, -0.2) is 5.01 Å². The summed E-state index contributed by atoms with van der Waals surface area (Å²) in [5.41, 5.74) is 4.74. The van der Waals surface area contributed by atoms with Crippen molar-refractivity contribution in [3.63, 3.8) is 0 Å². The largest absolute Gasteiger partial charge is 0.497 e. The third kappa shape index (κ3) is 5.70. The minimum Gasteiger partial charge on any atom is -0.497 e. The van der Waals surface area contributed by atoms with E-state index in [1.54, 1.807) is 31.4 Å². The number of nitrogens with one attached hydrogen (secondary N) is 1. The van der Waals surface area contributed by atoms with E-state index >= 15 is 0 Å². The van der Waals surface area contributed by atoms with Crippen LogP contribution in [0.25, 0.3) is 0 Å². The van der Waals surface area contributed by atoms with Crippen molar-refractivity contribution in [3.8, 4) is 5.75 Å². The Morgan fingerprint density at radius 1 is 1.08 bits per heavy atom. The molecule has 2 amide bonds. The Balaban J connectivity index is 1.33. The zero-order valence-electron chi connectivity index (χ0n) is 20.3. The second-order valence-corrected chi connectivity index (χ2v) is 10.5. The van der Waals surface area contributed by atoms with Crippen LogP contribution in [0.4, 0.5) is 5.69 Å². The zero-order valence-corrected chi connectivity index (χ0v) is 21.9. The molecule has 0 radical (unpaired) electrons. The van der Waals surface area contributed by atoms with E-state index in [4.69, 9.17) is 21.4 Å². The lowest BCUT2D eigenvalue weighted by molar-refractivity contribution is -0.121. The summed E-state index contributed by atoms with van der Waals surface area (Å²) in [5, 5.41) is 10.1. The fourth-order valence-corrected chi connectivity index (χ4v) is 5.40. The predicted octanol–water partition coefficient (Wildman–Crippen LogP) is 5.83. The first-order chi connectivity index (χ1) is 17.9. The molecule has 2 atom stereocenters. The third-order valence-corrected chi connectivity index (χ3v) is 7.61. The molecule has 3 aromatic carbocycles. The Labute approximate surface area is 224 Å². The molecule has 2 aliphatic heterocycles. The number of anilines is 1. The van der Waals surface area contributed by atoms with E-state index in [0.29, 0.717) is 28.0 Å². The molecule has 0 saturated carbocycles. The van der Waals surface area contributed by atoms with Crippen molar-refractivity contribution >= 4 is 51.7 Å². The van der Waals surface area contributed by atoms with Gasteiger partial charge in [0.15, 0.2) is 5.17 Å². The first-order valence-electron chi connectivity index (χ1n) is 11.8. The van der Waals surface area contributed by atoms with Crippen LogP contribution < -0.4 is 10.1 Å². The van der Waals surface area contributed by atoms with Crippen molar-refractivity contribution in [2.45, 2.75) is 31.1 Å². The second kappa shape index (κ2) is 10.8. The molecule has 0 bridgehead atoms. The molecule has 7 nitrogen and oxygen atoms in total. The standard InChI is InChI=1S/C28H25ClN4O3S/c1-17-3-5-19(6-4-17)24-15-23(18-7-9-20(29)10-8-18)32-33(24)28-31-27(35)25(37-28)16-26(34)30-21-11-13-22(36-2)14-12-21/h3-14,24-25H,15-16H2,1-2H3,(H,30,34). The molecule has 0 aliphatic carbocycles. The topological polar surface area (TPSA) is 83.4 Å². The summed E-state index contributed by atoms with van der Waals surface area (Å²) in [5.74, 6) is 0.113. The normalized spacial score (nSPS) is 19.0. The summed E-state index contributed by atoms with van der Waals surface area (Å²) in [7, 11) is 1.58. The first-order valence-corrected chi connectivity index (χ1v) is 13.1. The van der Waals surface area contributed by atoms with Gasteiger partial charge in [0.05, 0.1) is 18.9 Å². The smallest absolute Gasteiger partial charge is 0.262 e. The highest BCUT2D eigenvalue weighted by molar-refractivity contribution is 8.15. The lowest BCUT2D eigenvalue weighted by Crippen LogP contribution is -2.25. The van der Waals surface area contributed by atoms with Gasteiger partial charge in [0.1, 0.15) is 11.0 Å². The lowest BCUT2D eigenvalue weighted by Gasteiger charge is -2.23. The molecule has 188 valence electrons. The van der Waals surface area contributed by atoms with E-state index < -0.39 is 5.25 Å². The van der Waals surface area contributed by atoms with Crippen molar-refractivity contribution in [2.24, 2.45) is 10.1 Å². The molecule has 2 aliphatic rings. The average molecular weight is 533 g/mol. The number of amidine groups is 1. The fraction of sp³-hybridized carbons (Fsp3) is 0.214. The SMILES string of the molecule is COc1ccc(NC(=O)CC2SC(N3N=C(c4ccc(Cl)cc4)CC3c3ccc(C)cc3)=NC2=O)cc1. The average Bonchev–Trinajstić information content (AvgIpc) is 3.49. The maximum absolute atomic E-state index is 12.8. The minimum absolute atomic E-state index is 0.0132. The number of aryl methyl sites for hydroxylation is 1. The Hall–Kier alpha value is -3.62. The van der Waals surface area contributed by atoms with E-state index in [2.05, 4.69) is 34.6 Å². The molecule has 1 N–H and O–H groups in total. The number of rotatable bonds is 6. The van der Waals surface area contributed by atoms with Crippen LogP contribution in [-0.2, 0) is 9.59 Å². The minimum atomic E-state index is -0.610. The van der Waals surface area contributed by atoms with Crippen LogP contribution in [0.2, 0.25) is 5.02 Å². The number of carbonyl (C=O) groups excluding carboxylic acids is 2. The molecule has 9 heteroatoms. The number of methoxy groups -OCH3 is 1. The van der Waals surface area contributed by atoms with Gasteiger partial charge < -0.3 is 10.1 Å². The Bertz CT molecular complexity index is 1370. The highest BCUT2D eigenvalue weighted by Gasteiger charge is 2.39. The molecular formula is C28H25ClN4O3S. The van der Waals surface area contributed by atoms with Crippen molar-refractivity contribution in [2.75, 3.05) is 12.4 Å². The molecule has 0 aromatic heterocycles. The molecular weight excluding hydrogens is 508 g/mol. The van der Waals surface area contributed by atoms with Gasteiger partial charge in [0.25, 0.3) is 5.91 Å². The predicted molar refractivity (Wildman–Crippen MR) is 148 cm³/mol.